The number of hydrogen-bond donors (Lipinski definition) is 7. The molecule has 5 fully saturated rings. The molecule has 4 aliphatic carbocycles. The van der Waals surface area contributed by atoms with Crippen LogP contribution in [-0.2, 0) is 23.7 Å². The van der Waals surface area contributed by atoms with Crippen LogP contribution < -0.4 is 0 Å². The zero-order valence-electron chi connectivity index (χ0n) is 27.8. The van der Waals surface area contributed by atoms with Crippen LogP contribution in [0.25, 0.3) is 0 Å². The molecule has 264 valence electrons. The van der Waals surface area contributed by atoms with Crippen molar-refractivity contribution in [2.75, 3.05) is 13.7 Å². The van der Waals surface area contributed by atoms with Crippen LogP contribution >= 0.6 is 0 Å². The van der Waals surface area contributed by atoms with Crippen LogP contribution in [0.2, 0.25) is 0 Å². The summed E-state index contributed by atoms with van der Waals surface area (Å²) >= 11 is 0. The fourth-order valence-electron chi connectivity index (χ4n) is 10.6. The molecule has 0 spiro atoms. The van der Waals surface area contributed by atoms with Crippen molar-refractivity contribution in [3.05, 3.63) is 11.6 Å². The van der Waals surface area contributed by atoms with E-state index in [0.29, 0.717) is 24.2 Å². The molecule has 3 saturated carbocycles. The van der Waals surface area contributed by atoms with Crippen LogP contribution in [-0.4, -0.2) is 129 Å². The fraction of sp³-hybridized carbons (Fsp3) is 0.941. The summed E-state index contributed by atoms with van der Waals surface area (Å²) in [4.78, 5) is 0. The Morgan fingerprint density at radius 1 is 0.891 bits per heavy atom. The zero-order chi connectivity index (χ0) is 33.3. The van der Waals surface area contributed by atoms with E-state index in [2.05, 4.69) is 19.9 Å². The van der Waals surface area contributed by atoms with Crippen LogP contribution in [0.5, 0.6) is 0 Å². The smallest absolute Gasteiger partial charge is 0.187 e. The third-order valence-corrected chi connectivity index (χ3v) is 13.5. The van der Waals surface area contributed by atoms with Gasteiger partial charge in [-0.1, -0.05) is 25.5 Å². The maximum atomic E-state index is 11.6. The van der Waals surface area contributed by atoms with Gasteiger partial charge in [0.05, 0.1) is 30.5 Å². The highest BCUT2D eigenvalue weighted by atomic mass is 16.7. The number of rotatable bonds is 7. The van der Waals surface area contributed by atoms with Gasteiger partial charge in [-0.05, 0) is 88.4 Å². The van der Waals surface area contributed by atoms with Crippen LogP contribution in [0.4, 0.5) is 0 Å². The van der Waals surface area contributed by atoms with Crippen molar-refractivity contribution in [3.8, 4) is 0 Å². The number of aliphatic hydroxyl groups excluding tert-OH is 6. The molecule has 0 radical (unpaired) electrons. The minimum Gasteiger partial charge on any atom is -0.394 e. The Morgan fingerprint density at radius 3 is 2.26 bits per heavy atom. The molecule has 0 aromatic rings. The molecule has 12 heteroatoms. The van der Waals surface area contributed by atoms with Gasteiger partial charge in [0.2, 0.25) is 0 Å². The summed E-state index contributed by atoms with van der Waals surface area (Å²) in [6.07, 6.45) is -3.43. The highest BCUT2D eigenvalue weighted by Crippen LogP contribution is 2.67. The first kappa shape index (κ1) is 35.1. The first-order valence-corrected chi connectivity index (χ1v) is 17.3. The first-order chi connectivity index (χ1) is 21.7. The summed E-state index contributed by atoms with van der Waals surface area (Å²) in [5.41, 5.74) is 0.116. The monoisotopic (exact) mass is 656 g/mol. The predicted molar refractivity (Wildman–Crippen MR) is 163 cm³/mol. The maximum Gasteiger partial charge on any atom is 0.187 e. The Bertz CT molecular complexity index is 1120. The average molecular weight is 657 g/mol. The van der Waals surface area contributed by atoms with Crippen molar-refractivity contribution in [2.24, 2.45) is 28.6 Å². The first-order valence-electron chi connectivity index (χ1n) is 17.3. The largest absolute Gasteiger partial charge is 0.394 e. The van der Waals surface area contributed by atoms with Crippen LogP contribution in [0.1, 0.15) is 79.1 Å². The quantitative estimate of drug-likeness (QED) is 0.191. The molecule has 0 bridgehead atoms. The van der Waals surface area contributed by atoms with Crippen molar-refractivity contribution < 1.29 is 59.4 Å². The van der Waals surface area contributed by atoms with Gasteiger partial charge in [-0.2, -0.15) is 0 Å². The molecule has 0 unspecified atom stereocenters. The second kappa shape index (κ2) is 12.9. The summed E-state index contributed by atoms with van der Waals surface area (Å²) in [5, 5.41) is 73.8. The van der Waals surface area contributed by atoms with Crippen molar-refractivity contribution in [1.29, 1.82) is 0 Å². The SMILES string of the molecule is CO[C@@H]1[C@@H](O)[C@H](O[C@H]2CC[C@@]3(C)C(=CC[C@@H]4[C@@H]3CC[C@@]3(C)[C@H]4CC[C@]3(O)[C@H](C)O)C2)O[C@H](C)[C@@H]1O[C@@H]1O[C@H](CO)[C@@H](O)[C@H](O)[C@H]1O. The molecule has 12 nitrogen and oxygen atoms in total. The molecule has 6 rings (SSSR count). The van der Waals surface area contributed by atoms with Crippen molar-refractivity contribution in [2.45, 2.75) is 158 Å². The number of aliphatic hydroxyl groups is 7. The minimum atomic E-state index is -1.59. The normalized spacial score (nSPS) is 54.7. The van der Waals surface area contributed by atoms with E-state index in [1.807, 2.05) is 0 Å². The molecule has 46 heavy (non-hydrogen) atoms. The molecule has 0 amide bonds. The van der Waals surface area contributed by atoms with Gasteiger partial charge < -0.3 is 59.4 Å². The summed E-state index contributed by atoms with van der Waals surface area (Å²) in [5.74, 6) is 1.37. The molecular formula is C34H56O12. The number of allylic oxidation sites excluding steroid dienone is 1. The van der Waals surface area contributed by atoms with E-state index in [0.717, 1.165) is 44.9 Å². The van der Waals surface area contributed by atoms with E-state index in [1.54, 1.807) is 13.8 Å². The number of methoxy groups -OCH3 is 1. The standard InChI is InChI=1S/C34H56O12/c1-16-28(46-30-26(39)25(38)24(37)23(15-35)45-30)29(42-5)27(40)31(43-16)44-19-8-11-32(3)18(14-19)6-7-20-21(32)9-12-33(4)22(20)10-13-34(33,41)17(2)36/h6,16-17,19-31,35-41H,7-15H2,1-5H3/t16-,17+,19+,20-,21+,22+,23-,24-,25+,26-,27-,28+,29-,30+,31+,32+,33+,34+/m1/s1. The predicted octanol–water partition coefficient (Wildman–Crippen LogP) is 0.752. The highest BCUT2D eigenvalue weighted by molar-refractivity contribution is 5.26. The summed E-state index contributed by atoms with van der Waals surface area (Å²) in [7, 11) is 1.43. The lowest BCUT2D eigenvalue weighted by Gasteiger charge is -2.59. The molecule has 2 aliphatic heterocycles. The van der Waals surface area contributed by atoms with Gasteiger partial charge in [-0.15, -0.1) is 0 Å². The molecule has 0 aromatic carbocycles. The highest BCUT2D eigenvalue weighted by Gasteiger charge is 2.65. The number of fused-ring (bicyclic) bond motifs is 5. The number of ether oxygens (including phenoxy) is 5. The lowest BCUT2D eigenvalue weighted by Crippen LogP contribution is -2.64. The Labute approximate surface area is 271 Å². The Balaban J connectivity index is 1.11. The molecule has 2 heterocycles. The average Bonchev–Trinajstić information content (AvgIpc) is 3.31. The maximum absolute atomic E-state index is 11.6. The third kappa shape index (κ3) is 5.43. The minimum absolute atomic E-state index is 0.0361. The van der Waals surface area contributed by atoms with Gasteiger partial charge in [0.25, 0.3) is 0 Å². The van der Waals surface area contributed by atoms with E-state index in [4.69, 9.17) is 23.7 Å². The van der Waals surface area contributed by atoms with Crippen LogP contribution in [0.15, 0.2) is 11.6 Å². The lowest BCUT2D eigenvalue weighted by atomic mass is 9.46. The Hall–Kier alpha value is -0.740. The topological polar surface area (TPSA) is 188 Å². The van der Waals surface area contributed by atoms with E-state index in [-0.39, 0.29) is 16.9 Å². The summed E-state index contributed by atoms with van der Waals surface area (Å²) in [6.45, 7) is 7.47. The lowest BCUT2D eigenvalue weighted by molar-refractivity contribution is -0.361. The van der Waals surface area contributed by atoms with E-state index in [9.17, 15) is 35.7 Å². The van der Waals surface area contributed by atoms with Gasteiger partial charge >= 0.3 is 0 Å². The van der Waals surface area contributed by atoms with Gasteiger partial charge in [-0.3, -0.25) is 0 Å². The van der Waals surface area contributed by atoms with E-state index < -0.39 is 79.7 Å². The van der Waals surface area contributed by atoms with Crippen molar-refractivity contribution >= 4 is 0 Å². The summed E-state index contributed by atoms with van der Waals surface area (Å²) < 4.78 is 29.7. The van der Waals surface area contributed by atoms with Gasteiger partial charge in [0, 0.05) is 12.5 Å². The van der Waals surface area contributed by atoms with E-state index >= 15 is 0 Å². The second-order valence-electron chi connectivity index (χ2n) is 15.6. The zero-order valence-corrected chi connectivity index (χ0v) is 27.8. The number of hydrogen-bond acceptors (Lipinski definition) is 12. The third-order valence-electron chi connectivity index (χ3n) is 13.5. The molecule has 6 aliphatic rings. The Kier molecular flexibility index (Phi) is 9.81. The van der Waals surface area contributed by atoms with Crippen LogP contribution in [0, 0.1) is 28.6 Å². The fourth-order valence-corrected chi connectivity index (χ4v) is 10.6. The van der Waals surface area contributed by atoms with E-state index in [1.165, 1.54) is 12.7 Å². The van der Waals surface area contributed by atoms with Gasteiger partial charge in [0.15, 0.2) is 12.6 Å². The van der Waals surface area contributed by atoms with Gasteiger partial charge in [0.1, 0.15) is 42.7 Å². The molecule has 18 atom stereocenters. The van der Waals surface area contributed by atoms with Gasteiger partial charge in [-0.25, -0.2) is 0 Å². The molecule has 7 N–H and O–H groups in total. The molecule has 2 saturated heterocycles. The molecular weight excluding hydrogens is 600 g/mol. The second-order valence-corrected chi connectivity index (χ2v) is 15.6. The van der Waals surface area contributed by atoms with Crippen LogP contribution in [0.3, 0.4) is 0 Å². The summed E-state index contributed by atoms with van der Waals surface area (Å²) in [6, 6.07) is 0. The van der Waals surface area contributed by atoms with Crippen molar-refractivity contribution in [3.63, 3.8) is 0 Å². The molecule has 0 aromatic heterocycles. The Morgan fingerprint density at radius 2 is 1.59 bits per heavy atom. The van der Waals surface area contributed by atoms with Crippen molar-refractivity contribution in [1.82, 2.24) is 0 Å².